The smallest absolute Gasteiger partial charge is 0.255 e. The average Bonchev–Trinajstić information content (AvgIpc) is 3.33. The third-order valence-corrected chi connectivity index (χ3v) is 4.93. The molecule has 0 unspecified atom stereocenters. The quantitative estimate of drug-likeness (QED) is 0.595. The second-order valence-corrected chi connectivity index (χ2v) is 8.04. The minimum Gasteiger partial charge on any atom is -0.345 e. The monoisotopic (exact) mass is 359 g/mol. The first-order valence-corrected chi connectivity index (χ1v) is 9.11. The molecule has 1 atom stereocenters. The molecule has 27 heavy (non-hydrogen) atoms. The topological polar surface area (TPSA) is 96.7 Å². The number of carbonyl (C=O) groups is 1. The molecule has 0 aliphatic heterocycles. The van der Waals surface area contributed by atoms with Gasteiger partial charge in [-0.3, -0.25) is 9.89 Å². The predicted octanol–water partition coefficient (Wildman–Crippen LogP) is -0.805. The number of aromatic nitrogens is 4. The van der Waals surface area contributed by atoms with Crippen LogP contribution in [0.15, 0.2) is 28.9 Å². The van der Waals surface area contributed by atoms with Crippen molar-refractivity contribution >= 4 is 29.4 Å². The summed E-state index contributed by atoms with van der Waals surface area (Å²) in [6.07, 6.45) is 3.41. The number of carbonyl (C=O) groups excluding carboxylic acids is 1. The van der Waals surface area contributed by atoms with E-state index in [1.807, 2.05) is 36.5 Å². The second-order valence-electron chi connectivity index (χ2n) is 8.04. The van der Waals surface area contributed by atoms with Crippen molar-refractivity contribution < 1.29 is 9.32 Å². The molecule has 1 amide bonds. The van der Waals surface area contributed by atoms with E-state index >= 15 is 0 Å². The molecular formula is C17H20B3N5O2. The molecule has 4 rings (SSSR count). The number of nitrogens with one attached hydrogen (secondary N) is 2. The van der Waals surface area contributed by atoms with Crippen LogP contribution in [0.3, 0.4) is 0 Å². The van der Waals surface area contributed by atoms with Gasteiger partial charge in [-0.25, -0.2) is 0 Å². The molecule has 1 aromatic carbocycles. The Balaban J connectivity index is 1.55. The summed E-state index contributed by atoms with van der Waals surface area (Å²) in [5.74, 6) is 1.12. The molecule has 0 bridgehead atoms. The molecule has 7 nitrogen and oxygen atoms in total. The normalized spacial score (nSPS) is 16.3. The number of hydrogen-bond donors (Lipinski definition) is 2. The number of hydrogen-bond acceptors (Lipinski definition) is 5. The fourth-order valence-electron chi connectivity index (χ4n) is 3.38. The first-order chi connectivity index (χ1) is 12.8. The standard InChI is InChI=1S/C17H20B3N5O2/c1-8-12(7-21-24-8)15(26)22-13-5-3-9-6-10(2-4-11(9)13)14-23-16(27-25-14)17(18,19)20/h2,4,6-7,13H,3,5,18-20H2,1H3,(H,21,24)(H,22,26)/t13-/m1/s1. The highest BCUT2D eigenvalue weighted by atomic mass is 16.5. The lowest BCUT2D eigenvalue weighted by Crippen LogP contribution is -2.27. The highest BCUT2D eigenvalue weighted by Crippen LogP contribution is 2.34. The first kappa shape index (κ1) is 17.6. The van der Waals surface area contributed by atoms with Gasteiger partial charge in [0.25, 0.3) is 5.91 Å². The van der Waals surface area contributed by atoms with Crippen molar-refractivity contribution in [2.24, 2.45) is 0 Å². The van der Waals surface area contributed by atoms with Crippen molar-refractivity contribution in [3.05, 3.63) is 52.7 Å². The van der Waals surface area contributed by atoms with Gasteiger partial charge in [-0.2, -0.15) is 10.1 Å². The van der Waals surface area contributed by atoms with Gasteiger partial charge in [-0.1, -0.05) is 17.3 Å². The summed E-state index contributed by atoms with van der Waals surface area (Å²) < 4.78 is 5.40. The van der Waals surface area contributed by atoms with Gasteiger partial charge in [-0.15, -0.1) is 0 Å². The molecule has 0 saturated heterocycles. The van der Waals surface area contributed by atoms with E-state index in [1.54, 1.807) is 6.20 Å². The summed E-state index contributed by atoms with van der Waals surface area (Å²) in [4.78, 5) is 17.0. The molecule has 0 saturated carbocycles. The summed E-state index contributed by atoms with van der Waals surface area (Å²) in [7, 11) is 6.13. The average molecular weight is 359 g/mol. The molecule has 10 heteroatoms. The molecule has 1 aliphatic rings. The lowest BCUT2D eigenvalue weighted by molar-refractivity contribution is 0.0936. The Kier molecular flexibility index (Phi) is 4.21. The Bertz CT molecular complexity index is 1010. The molecule has 3 aromatic rings. The number of nitrogens with zero attached hydrogens (tertiary/aromatic N) is 3. The van der Waals surface area contributed by atoms with Gasteiger partial charge in [0.1, 0.15) is 23.5 Å². The molecule has 2 aromatic heterocycles. The SMILES string of the molecule is BC(B)(B)c1nc(-c2ccc3c(c2)CC[C@H]3NC(=O)c2c[nH]nc2C)no1. The summed E-state index contributed by atoms with van der Waals surface area (Å²) >= 11 is 0. The van der Waals surface area contributed by atoms with E-state index in [0.29, 0.717) is 23.0 Å². The Labute approximate surface area is 159 Å². The highest BCUT2D eigenvalue weighted by Gasteiger charge is 2.27. The van der Waals surface area contributed by atoms with Gasteiger partial charge in [0.2, 0.25) is 11.7 Å². The van der Waals surface area contributed by atoms with Gasteiger partial charge >= 0.3 is 0 Å². The van der Waals surface area contributed by atoms with Gasteiger partial charge in [0.05, 0.1) is 17.3 Å². The Hall–Kier alpha value is -2.77. The van der Waals surface area contributed by atoms with Crippen LogP contribution < -0.4 is 5.32 Å². The predicted molar refractivity (Wildman–Crippen MR) is 109 cm³/mol. The lowest BCUT2D eigenvalue weighted by Gasteiger charge is -2.14. The summed E-state index contributed by atoms with van der Waals surface area (Å²) in [5.41, 5.74) is 4.58. The van der Waals surface area contributed by atoms with Crippen molar-refractivity contribution in [2.75, 3.05) is 0 Å². The molecule has 0 fully saturated rings. The third-order valence-electron chi connectivity index (χ3n) is 4.93. The van der Waals surface area contributed by atoms with Crippen LogP contribution in [0.25, 0.3) is 11.4 Å². The van der Waals surface area contributed by atoms with Crippen LogP contribution in [0.1, 0.15) is 45.5 Å². The van der Waals surface area contributed by atoms with Crippen LogP contribution in [0.4, 0.5) is 0 Å². The van der Waals surface area contributed by atoms with Crippen LogP contribution in [0.2, 0.25) is 0 Å². The van der Waals surface area contributed by atoms with Crippen LogP contribution in [0, 0.1) is 6.92 Å². The molecule has 0 spiro atoms. The van der Waals surface area contributed by atoms with Gasteiger partial charge < -0.3 is 9.84 Å². The summed E-state index contributed by atoms with van der Waals surface area (Å²) in [6.45, 7) is 1.82. The molecule has 1 aliphatic carbocycles. The second kappa shape index (κ2) is 6.44. The lowest BCUT2D eigenvalue weighted by atomic mass is 9.42. The van der Waals surface area contributed by atoms with E-state index in [2.05, 4.69) is 37.8 Å². The Morgan fingerprint density at radius 1 is 1.37 bits per heavy atom. The van der Waals surface area contributed by atoms with Crippen molar-refractivity contribution in [3.63, 3.8) is 0 Å². The minimum absolute atomic E-state index is 0.00579. The van der Waals surface area contributed by atoms with Gasteiger partial charge in [-0.05, 0) is 42.1 Å². The zero-order valence-electron chi connectivity index (χ0n) is 16.0. The van der Waals surface area contributed by atoms with E-state index in [1.165, 1.54) is 5.56 Å². The molecule has 2 heterocycles. The van der Waals surface area contributed by atoms with Gasteiger partial charge in [0.15, 0.2) is 0 Å². The molecule has 2 N–H and O–H groups in total. The number of benzene rings is 1. The highest BCUT2D eigenvalue weighted by molar-refractivity contribution is 6.58. The number of aryl methyl sites for hydroxylation is 2. The number of aromatic amines is 1. The van der Waals surface area contributed by atoms with Crippen LogP contribution in [-0.4, -0.2) is 49.8 Å². The Morgan fingerprint density at radius 3 is 2.85 bits per heavy atom. The number of fused-ring (bicyclic) bond motifs is 1. The number of H-pyrrole nitrogens is 1. The maximum atomic E-state index is 12.5. The van der Waals surface area contributed by atoms with Crippen LogP contribution >= 0.6 is 0 Å². The molecule has 0 radical (unpaired) electrons. The van der Waals surface area contributed by atoms with Crippen molar-refractivity contribution in [1.82, 2.24) is 25.7 Å². The Morgan fingerprint density at radius 2 is 2.19 bits per heavy atom. The van der Waals surface area contributed by atoms with Gasteiger partial charge in [0, 0.05) is 11.8 Å². The minimum atomic E-state index is -0.178. The summed E-state index contributed by atoms with van der Waals surface area (Å²) in [5, 5.41) is 13.8. The maximum absolute atomic E-state index is 12.5. The fraction of sp³-hybridized carbons (Fsp3) is 0.294. The zero-order valence-corrected chi connectivity index (χ0v) is 16.0. The first-order valence-electron chi connectivity index (χ1n) is 9.11. The fourth-order valence-corrected chi connectivity index (χ4v) is 3.38. The van der Waals surface area contributed by atoms with E-state index in [4.69, 9.17) is 4.52 Å². The van der Waals surface area contributed by atoms with E-state index in [9.17, 15) is 4.79 Å². The van der Waals surface area contributed by atoms with Crippen molar-refractivity contribution in [3.8, 4) is 11.4 Å². The zero-order chi connectivity index (χ0) is 19.2. The number of amides is 1. The summed E-state index contributed by atoms with van der Waals surface area (Å²) in [6, 6.07) is 6.15. The van der Waals surface area contributed by atoms with E-state index < -0.39 is 0 Å². The third kappa shape index (κ3) is 3.31. The maximum Gasteiger partial charge on any atom is 0.255 e. The van der Waals surface area contributed by atoms with E-state index in [0.717, 1.165) is 24.0 Å². The van der Waals surface area contributed by atoms with Crippen molar-refractivity contribution in [2.45, 2.75) is 30.9 Å². The largest absolute Gasteiger partial charge is 0.345 e. The van der Waals surface area contributed by atoms with Crippen LogP contribution in [-0.2, 0) is 11.5 Å². The molecule has 134 valence electrons. The van der Waals surface area contributed by atoms with Crippen molar-refractivity contribution in [1.29, 1.82) is 0 Å². The van der Waals surface area contributed by atoms with E-state index in [-0.39, 0.29) is 17.1 Å². The number of rotatable bonds is 4. The van der Waals surface area contributed by atoms with Crippen LogP contribution in [0.5, 0.6) is 0 Å². The molecular weight excluding hydrogens is 339 g/mol.